The molecule has 0 aromatic heterocycles. The van der Waals surface area contributed by atoms with Gasteiger partial charge in [0.05, 0.1) is 11.6 Å². The van der Waals surface area contributed by atoms with Gasteiger partial charge in [0.15, 0.2) is 0 Å². The number of rotatable bonds is 10. The molecule has 2 atom stereocenters. The predicted octanol–water partition coefficient (Wildman–Crippen LogP) is 2.88. The highest BCUT2D eigenvalue weighted by Gasteiger charge is 2.28. The summed E-state index contributed by atoms with van der Waals surface area (Å²) in [6.45, 7) is 6.98. The molecule has 0 bridgehead atoms. The van der Waals surface area contributed by atoms with E-state index >= 15 is 0 Å². The van der Waals surface area contributed by atoms with Crippen molar-refractivity contribution in [2.45, 2.75) is 26.2 Å². The average molecular weight is 508 g/mol. The smallest absolute Gasteiger partial charge is 0.251 e. The van der Waals surface area contributed by atoms with Gasteiger partial charge in [-0.15, -0.1) is 0 Å². The van der Waals surface area contributed by atoms with Gasteiger partial charge in [0.1, 0.15) is 24.7 Å². The van der Waals surface area contributed by atoms with Crippen LogP contribution in [-0.4, -0.2) is 69.9 Å². The number of carbonyl (C=O) groups excluding carboxylic acids is 2. The van der Waals surface area contributed by atoms with Crippen molar-refractivity contribution in [1.29, 1.82) is 0 Å². The summed E-state index contributed by atoms with van der Waals surface area (Å²) in [6.07, 6.45) is 2.37. The number of hydrazone groups is 1. The molecule has 2 amide bonds. The first-order valence-corrected chi connectivity index (χ1v) is 12.8. The van der Waals surface area contributed by atoms with Gasteiger partial charge in [0.2, 0.25) is 5.91 Å². The fourth-order valence-corrected chi connectivity index (χ4v) is 4.22. The Labute approximate surface area is 218 Å². The highest BCUT2D eigenvalue weighted by molar-refractivity contribution is 5.96. The molecule has 4 rings (SSSR count). The van der Waals surface area contributed by atoms with Crippen molar-refractivity contribution in [3.8, 4) is 11.5 Å². The lowest BCUT2D eigenvalue weighted by atomic mass is 9.94. The van der Waals surface area contributed by atoms with Gasteiger partial charge in [-0.3, -0.25) is 9.59 Å². The number of amides is 2. The minimum atomic E-state index is -0.387. The summed E-state index contributed by atoms with van der Waals surface area (Å²) in [5.41, 5.74) is 6.11. The van der Waals surface area contributed by atoms with E-state index in [-0.39, 0.29) is 30.3 Å². The van der Waals surface area contributed by atoms with Gasteiger partial charge in [0.25, 0.3) is 5.91 Å². The van der Waals surface area contributed by atoms with Crippen molar-refractivity contribution >= 4 is 23.7 Å². The van der Waals surface area contributed by atoms with Crippen LogP contribution >= 0.6 is 0 Å². The van der Waals surface area contributed by atoms with Crippen LogP contribution in [-0.2, 0) is 11.2 Å². The van der Waals surface area contributed by atoms with Gasteiger partial charge in [-0.2, -0.15) is 5.10 Å². The molecule has 2 aliphatic heterocycles. The Morgan fingerprint density at radius 3 is 2.78 bits per heavy atom. The molecule has 3 N–H and O–H groups in total. The average Bonchev–Trinajstić information content (AvgIpc) is 3.42. The molecule has 0 radical (unpaired) electrons. The Balaban J connectivity index is 1.46. The normalized spacial score (nSPS) is 18.2. The zero-order chi connectivity index (χ0) is 26.4. The van der Waals surface area contributed by atoms with E-state index in [0.717, 1.165) is 24.2 Å². The maximum atomic E-state index is 13.3. The molecule has 198 valence electrons. The summed E-state index contributed by atoms with van der Waals surface area (Å²) in [5, 5.41) is 10.1. The van der Waals surface area contributed by atoms with Crippen molar-refractivity contribution in [2.24, 2.45) is 16.9 Å². The van der Waals surface area contributed by atoms with Crippen LogP contribution < -0.4 is 25.5 Å². The van der Waals surface area contributed by atoms with Crippen LogP contribution in [0.1, 0.15) is 41.3 Å². The topological polar surface area (TPSA) is 104 Å². The van der Waals surface area contributed by atoms with Gasteiger partial charge in [-0.1, -0.05) is 19.9 Å². The highest BCUT2D eigenvalue weighted by Crippen LogP contribution is 2.32. The Morgan fingerprint density at radius 1 is 1.22 bits per heavy atom. The number of fused-ring (bicyclic) bond motifs is 1. The molecular formula is C28H37N5O4. The lowest BCUT2D eigenvalue weighted by Crippen LogP contribution is -2.33. The number of hydrogen-bond donors (Lipinski definition) is 3. The number of carbonyl (C=O) groups is 2. The molecule has 0 aliphatic carbocycles. The van der Waals surface area contributed by atoms with Crippen LogP contribution in [0.4, 0.5) is 5.69 Å². The summed E-state index contributed by atoms with van der Waals surface area (Å²) in [4.78, 5) is 27.8. The molecule has 37 heavy (non-hydrogen) atoms. The van der Waals surface area contributed by atoms with Crippen molar-refractivity contribution in [2.75, 3.05) is 52.3 Å². The van der Waals surface area contributed by atoms with Crippen LogP contribution in [0, 0.1) is 11.8 Å². The second-order valence-corrected chi connectivity index (χ2v) is 10.3. The maximum Gasteiger partial charge on any atom is 0.251 e. The molecule has 2 heterocycles. The lowest BCUT2D eigenvalue weighted by Gasteiger charge is -2.25. The second-order valence-electron chi connectivity index (χ2n) is 10.3. The predicted molar refractivity (Wildman–Crippen MR) is 145 cm³/mol. The van der Waals surface area contributed by atoms with Gasteiger partial charge in [0, 0.05) is 37.3 Å². The first-order valence-electron chi connectivity index (χ1n) is 12.8. The zero-order valence-corrected chi connectivity index (χ0v) is 22.0. The minimum Gasteiger partial charge on any atom is -0.492 e. The van der Waals surface area contributed by atoms with Crippen LogP contribution in [0.5, 0.6) is 11.5 Å². The molecule has 9 heteroatoms. The van der Waals surface area contributed by atoms with Crippen molar-refractivity contribution in [3.63, 3.8) is 0 Å². The van der Waals surface area contributed by atoms with Crippen LogP contribution in [0.15, 0.2) is 41.5 Å². The summed E-state index contributed by atoms with van der Waals surface area (Å²) in [7, 11) is 3.98. The fraction of sp³-hybridized carbons (Fsp3) is 0.464. The zero-order valence-electron chi connectivity index (χ0n) is 22.0. The maximum absolute atomic E-state index is 13.3. The van der Waals surface area contributed by atoms with Crippen LogP contribution in [0.3, 0.4) is 0 Å². The summed E-state index contributed by atoms with van der Waals surface area (Å²) >= 11 is 0. The third-order valence-corrected chi connectivity index (χ3v) is 6.42. The molecule has 2 aromatic carbocycles. The number of nitrogens with one attached hydrogen (secondary N) is 3. The monoisotopic (exact) mass is 507 g/mol. The summed E-state index contributed by atoms with van der Waals surface area (Å²) in [5.74, 6) is 1.23. The summed E-state index contributed by atoms with van der Waals surface area (Å²) < 4.78 is 12.0. The van der Waals surface area contributed by atoms with E-state index in [0.29, 0.717) is 48.2 Å². The Kier molecular flexibility index (Phi) is 8.66. The van der Waals surface area contributed by atoms with Gasteiger partial charge < -0.3 is 30.4 Å². The molecule has 0 saturated carbocycles. The summed E-state index contributed by atoms with van der Waals surface area (Å²) in [6, 6.07) is 11.3. The molecular weight excluding hydrogens is 470 g/mol. The number of nitrogens with zero attached hydrogens (tertiary/aromatic N) is 2. The number of anilines is 1. The number of hydrogen-bond acceptors (Lipinski definition) is 7. The third kappa shape index (κ3) is 7.01. The van der Waals surface area contributed by atoms with E-state index in [1.165, 1.54) is 0 Å². The van der Waals surface area contributed by atoms with Crippen LogP contribution in [0.25, 0.3) is 0 Å². The van der Waals surface area contributed by atoms with E-state index in [9.17, 15) is 9.59 Å². The van der Waals surface area contributed by atoms with Crippen LogP contribution in [0.2, 0.25) is 0 Å². The fourth-order valence-electron chi connectivity index (χ4n) is 4.22. The molecule has 0 fully saturated rings. The molecule has 2 aliphatic rings. The van der Waals surface area contributed by atoms with E-state index in [1.54, 1.807) is 6.07 Å². The van der Waals surface area contributed by atoms with Gasteiger partial charge in [-0.25, -0.2) is 0 Å². The largest absolute Gasteiger partial charge is 0.492 e. The molecule has 2 aromatic rings. The minimum absolute atomic E-state index is 0.120. The van der Waals surface area contributed by atoms with Gasteiger partial charge >= 0.3 is 0 Å². The Morgan fingerprint density at radius 2 is 2.05 bits per heavy atom. The third-order valence-electron chi connectivity index (χ3n) is 6.42. The van der Waals surface area contributed by atoms with Crippen molar-refractivity contribution < 1.29 is 19.1 Å². The first-order chi connectivity index (χ1) is 17.8. The van der Waals surface area contributed by atoms with E-state index in [1.807, 2.05) is 55.5 Å². The van der Waals surface area contributed by atoms with Crippen molar-refractivity contribution in [1.82, 2.24) is 15.6 Å². The molecule has 0 saturated heterocycles. The first kappa shape index (κ1) is 26.5. The lowest BCUT2D eigenvalue weighted by molar-refractivity contribution is -0.121. The van der Waals surface area contributed by atoms with Gasteiger partial charge in [-0.05, 0) is 67.9 Å². The highest BCUT2D eigenvalue weighted by atomic mass is 16.5. The van der Waals surface area contributed by atoms with E-state index in [2.05, 4.69) is 35.0 Å². The molecule has 9 nitrogen and oxygen atoms in total. The van der Waals surface area contributed by atoms with Crippen molar-refractivity contribution in [3.05, 3.63) is 53.1 Å². The Hall–Kier alpha value is -3.59. The number of likely N-dealkylation sites (N-methyl/N-ethyl adjacent to an activating group) is 1. The SMILES string of the molecule is CC(C)CNC(=O)c1ccc2c(c1)CC(C(=O)Nc1ccc(C3C=NNC3)cc1OCCN(C)C)CO2. The second kappa shape index (κ2) is 12.1. The van der Waals surface area contributed by atoms with E-state index < -0.39 is 0 Å². The van der Waals surface area contributed by atoms with E-state index in [4.69, 9.17) is 9.47 Å². The molecule has 0 spiro atoms. The molecule has 2 unspecified atom stereocenters. The standard InChI is InChI=1S/C28H37N5O4/c1-18(2)14-29-27(34)20-6-8-25-21(11-20)12-22(17-37-25)28(35)32-24-7-5-19(23-15-30-31-16-23)13-26(24)36-10-9-33(3)4/h5-8,11,13,15,18,22-23,31H,9-10,12,14,16-17H2,1-4H3,(H,29,34)(H,32,35). The number of benzene rings is 2. The quantitative estimate of drug-likeness (QED) is 0.457. The number of ether oxygens (including phenoxy) is 2. The Bertz CT molecular complexity index is 1150.